The van der Waals surface area contributed by atoms with Crippen LogP contribution in [-0.4, -0.2) is 26.4 Å². The van der Waals surface area contributed by atoms with Gasteiger partial charge in [-0.15, -0.1) is 0 Å². The second-order valence-electron chi connectivity index (χ2n) is 4.65. The van der Waals surface area contributed by atoms with E-state index in [1.54, 1.807) is 42.5 Å². The fourth-order valence-electron chi connectivity index (χ4n) is 2.11. The number of nitrogens with zero attached hydrogens (tertiary/aromatic N) is 4. The summed E-state index contributed by atoms with van der Waals surface area (Å²) in [5.74, 6) is 0.00339. The Bertz CT molecular complexity index is 846. The van der Waals surface area contributed by atoms with Crippen molar-refractivity contribution in [3.8, 4) is 11.4 Å². The minimum absolute atomic E-state index is 0.00339. The van der Waals surface area contributed by atoms with E-state index in [0.717, 1.165) is 9.36 Å². The molecule has 0 radical (unpaired) electrons. The average molecular weight is 318 g/mol. The molecule has 3 aromatic rings. The van der Waals surface area contributed by atoms with Crippen molar-refractivity contribution in [2.24, 2.45) is 0 Å². The highest BCUT2D eigenvalue weighted by molar-refractivity contribution is 5.33. The van der Waals surface area contributed by atoms with Gasteiger partial charge in [-0.2, -0.15) is 18.1 Å². The zero-order valence-corrected chi connectivity index (χ0v) is 11.8. The number of aromatic nitrogens is 4. The van der Waals surface area contributed by atoms with Gasteiger partial charge in [-0.05, 0) is 28.6 Å². The first-order valence-corrected chi connectivity index (χ1v) is 6.76. The van der Waals surface area contributed by atoms with Crippen molar-refractivity contribution >= 4 is 0 Å². The van der Waals surface area contributed by atoms with Gasteiger partial charge in [-0.1, -0.05) is 36.4 Å². The number of benzene rings is 2. The van der Waals surface area contributed by atoms with Gasteiger partial charge in [0.2, 0.25) is 0 Å². The monoisotopic (exact) mass is 318 g/mol. The van der Waals surface area contributed by atoms with Crippen LogP contribution in [0.15, 0.2) is 59.4 Å². The first kappa shape index (κ1) is 14.9. The van der Waals surface area contributed by atoms with Crippen molar-refractivity contribution in [1.29, 1.82) is 0 Å². The van der Waals surface area contributed by atoms with Crippen LogP contribution in [0.1, 0.15) is 5.56 Å². The second kappa shape index (κ2) is 6.39. The van der Waals surface area contributed by atoms with E-state index in [-0.39, 0.29) is 12.3 Å². The molecule has 0 fully saturated rings. The molecule has 0 N–H and O–H groups in total. The Morgan fingerprint density at radius 3 is 2.43 bits per heavy atom. The van der Waals surface area contributed by atoms with E-state index >= 15 is 0 Å². The quantitative estimate of drug-likeness (QED) is 0.722. The van der Waals surface area contributed by atoms with E-state index in [1.807, 2.05) is 6.07 Å². The molecule has 0 aliphatic heterocycles. The molecule has 0 amide bonds. The summed E-state index contributed by atoms with van der Waals surface area (Å²) in [5, 5.41) is 7.58. The van der Waals surface area contributed by atoms with E-state index < -0.39 is 12.3 Å². The van der Waals surface area contributed by atoms with Crippen molar-refractivity contribution < 1.29 is 13.5 Å². The lowest BCUT2D eigenvalue weighted by Crippen LogP contribution is -2.25. The van der Waals surface area contributed by atoms with E-state index in [4.69, 9.17) is 0 Å². The fraction of sp³-hybridized carbons (Fsp3) is 0.133. The molecule has 6 nitrogen and oxygen atoms in total. The summed E-state index contributed by atoms with van der Waals surface area (Å²) in [7, 11) is 0. The van der Waals surface area contributed by atoms with Crippen molar-refractivity contribution in [2.75, 3.05) is 0 Å². The Balaban J connectivity index is 1.91. The Labute approximate surface area is 129 Å². The summed E-state index contributed by atoms with van der Waals surface area (Å²) < 4.78 is 31.5. The highest BCUT2D eigenvalue weighted by atomic mass is 19.3. The molecule has 0 aliphatic carbocycles. The number of rotatable bonds is 5. The summed E-state index contributed by atoms with van der Waals surface area (Å²) in [6.07, 6.45) is 0. The Hall–Kier alpha value is -3.03. The summed E-state index contributed by atoms with van der Waals surface area (Å²) in [4.78, 5) is 12.3. The van der Waals surface area contributed by atoms with Gasteiger partial charge >= 0.3 is 12.3 Å². The van der Waals surface area contributed by atoms with E-state index in [1.165, 1.54) is 6.07 Å². The summed E-state index contributed by atoms with van der Waals surface area (Å²) in [6, 6.07) is 15.0. The molecular formula is C15H12F2N4O2. The number of alkyl halides is 2. The highest BCUT2D eigenvalue weighted by Gasteiger charge is 2.13. The predicted octanol–water partition coefficient (Wildman–Crippen LogP) is 2.08. The minimum Gasteiger partial charge on any atom is -0.434 e. The van der Waals surface area contributed by atoms with Crippen molar-refractivity contribution in [2.45, 2.75) is 13.2 Å². The van der Waals surface area contributed by atoms with Gasteiger partial charge < -0.3 is 4.74 Å². The average Bonchev–Trinajstić information content (AvgIpc) is 2.91. The topological polar surface area (TPSA) is 61.9 Å². The molecule has 1 aromatic heterocycles. The lowest BCUT2D eigenvalue weighted by Gasteiger charge is -2.09. The highest BCUT2D eigenvalue weighted by Crippen LogP contribution is 2.20. The smallest absolute Gasteiger partial charge is 0.387 e. The van der Waals surface area contributed by atoms with Crippen LogP contribution in [-0.2, 0) is 6.54 Å². The summed E-state index contributed by atoms with van der Waals surface area (Å²) in [5.41, 5.74) is 0.513. The van der Waals surface area contributed by atoms with Crippen molar-refractivity contribution in [1.82, 2.24) is 19.8 Å². The van der Waals surface area contributed by atoms with E-state index in [0.29, 0.717) is 11.3 Å². The molecule has 0 spiro atoms. The number of tetrazole rings is 1. The third kappa shape index (κ3) is 3.25. The molecule has 0 aliphatic rings. The van der Waals surface area contributed by atoms with Gasteiger partial charge in [0.05, 0.1) is 12.2 Å². The maximum atomic E-state index is 12.4. The first-order valence-electron chi connectivity index (χ1n) is 6.76. The van der Waals surface area contributed by atoms with Gasteiger partial charge in [-0.3, -0.25) is 0 Å². The zero-order valence-electron chi connectivity index (χ0n) is 11.8. The van der Waals surface area contributed by atoms with Crippen LogP contribution in [0.3, 0.4) is 0 Å². The van der Waals surface area contributed by atoms with E-state index in [9.17, 15) is 13.6 Å². The SMILES string of the molecule is O=c1n(Cc2ccccc2OC(F)F)nnn1-c1ccccc1. The van der Waals surface area contributed by atoms with Crippen LogP contribution in [0.25, 0.3) is 5.69 Å². The molecular weight excluding hydrogens is 306 g/mol. The zero-order chi connectivity index (χ0) is 16.2. The fourth-order valence-corrected chi connectivity index (χ4v) is 2.11. The van der Waals surface area contributed by atoms with Crippen LogP contribution in [0.2, 0.25) is 0 Å². The van der Waals surface area contributed by atoms with Crippen LogP contribution >= 0.6 is 0 Å². The molecule has 0 atom stereocenters. The number of hydrogen-bond acceptors (Lipinski definition) is 4. The van der Waals surface area contributed by atoms with Gasteiger partial charge in [0.15, 0.2) is 0 Å². The van der Waals surface area contributed by atoms with Gasteiger partial charge in [0.25, 0.3) is 0 Å². The maximum Gasteiger partial charge on any atom is 0.387 e. The molecule has 23 heavy (non-hydrogen) atoms. The summed E-state index contributed by atoms with van der Waals surface area (Å²) >= 11 is 0. The van der Waals surface area contributed by atoms with Gasteiger partial charge in [0.1, 0.15) is 5.75 Å². The molecule has 2 aromatic carbocycles. The number of ether oxygens (including phenoxy) is 1. The normalized spacial score (nSPS) is 10.9. The number of halogens is 2. The van der Waals surface area contributed by atoms with Gasteiger partial charge in [0, 0.05) is 5.56 Å². The minimum atomic E-state index is -2.94. The lowest BCUT2D eigenvalue weighted by molar-refractivity contribution is -0.0505. The van der Waals surface area contributed by atoms with Crippen molar-refractivity contribution in [3.05, 3.63) is 70.6 Å². The summed E-state index contributed by atoms with van der Waals surface area (Å²) in [6.45, 7) is -2.96. The predicted molar refractivity (Wildman–Crippen MR) is 77.8 cm³/mol. The second-order valence-corrected chi connectivity index (χ2v) is 4.65. The van der Waals surface area contributed by atoms with Crippen LogP contribution < -0.4 is 10.4 Å². The molecule has 118 valence electrons. The molecule has 0 bridgehead atoms. The molecule has 8 heteroatoms. The molecule has 1 heterocycles. The van der Waals surface area contributed by atoms with Crippen LogP contribution in [0.5, 0.6) is 5.75 Å². The van der Waals surface area contributed by atoms with Gasteiger partial charge in [-0.25, -0.2) is 4.79 Å². The number of hydrogen-bond donors (Lipinski definition) is 0. The lowest BCUT2D eigenvalue weighted by atomic mass is 10.2. The van der Waals surface area contributed by atoms with Crippen LogP contribution in [0.4, 0.5) is 8.78 Å². The first-order chi connectivity index (χ1) is 11.1. The third-order valence-electron chi connectivity index (χ3n) is 3.15. The molecule has 0 unspecified atom stereocenters. The van der Waals surface area contributed by atoms with Crippen LogP contribution in [0, 0.1) is 0 Å². The number of para-hydroxylation sites is 2. The Morgan fingerprint density at radius 2 is 1.70 bits per heavy atom. The largest absolute Gasteiger partial charge is 0.434 e. The third-order valence-corrected chi connectivity index (χ3v) is 3.15. The standard InChI is InChI=1S/C15H12F2N4O2/c16-14(17)23-13-9-5-4-6-11(13)10-20-15(22)21(19-18-20)12-7-2-1-3-8-12/h1-9,14H,10H2. The molecule has 0 saturated heterocycles. The maximum absolute atomic E-state index is 12.4. The Kier molecular flexibility index (Phi) is 4.13. The van der Waals surface area contributed by atoms with Crippen molar-refractivity contribution in [3.63, 3.8) is 0 Å². The van der Waals surface area contributed by atoms with E-state index in [2.05, 4.69) is 15.2 Å². The molecule has 0 saturated carbocycles. The Morgan fingerprint density at radius 1 is 1.00 bits per heavy atom. The molecule has 3 rings (SSSR count).